The number of carbonyl (C=O) groups excluding carboxylic acids is 1. The fraction of sp³-hybridized carbons (Fsp3) is 0.438. The van der Waals surface area contributed by atoms with E-state index in [1.54, 1.807) is 6.92 Å². The van der Waals surface area contributed by atoms with Crippen LogP contribution in [0.15, 0.2) is 22.7 Å². The third-order valence-corrected chi connectivity index (χ3v) is 4.04. The van der Waals surface area contributed by atoms with Gasteiger partial charge < -0.3 is 14.6 Å². The van der Waals surface area contributed by atoms with Gasteiger partial charge in [-0.2, -0.15) is 4.98 Å². The second-order valence-corrected chi connectivity index (χ2v) is 5.84. The summed E-state index contributed by atoms with van der Waals surface area (Å²) in [7, 11) is 0. The van der Waals surface area contributed by atoms with Gasteiger partial charge in [-0.25, -0.2) is 8.78 Å². The van der Waals surface area contributed by atoms with Crippen molar-refractivity contribution in [2.24, 2.45) is 0 Å². The normalized spacial score (nSPS) is 16.1. The van der Waals surface area contributed by atoms with Crippen LogP contribution in [0.25, 0.3) is 0 Å². The van der Waals surface area contributed by atoms with Crippen LogP contribution in [0.3, 0.4) is 0 Å². The van der Waals surface area contributed by atoms with Crippen LogP contribution in [0.2, 0.25) is 0 Å². The van der Waals surface area contributed by atoms with E-state index in [9.17, 15) is 13.6 Å². The first-order valence-electron chi connectivity index (χ1n) is 7.68. The average molecular weight is 337 g/mol. The van der Waals surface area contributed by atoms with Crippen molar-refractivity contribution in [3.8, 4) is 5.75 Å². The number of aromatic nitrogens is 2. The van der Waals surface area contributed by atoms with Crippen molar-refractivity contribution in [3.63, 3.8) is 0 Å². The zero-order valence-electron chi connectivity index (χ0n) is 13.1. The van der Waals surface area contributed by atoms with Crippen LogP contribution < -0.4 is 10.1 Å². The topological polar surface area (TPSA) is 77.2 Å². The monoisotopic (exact) mass is 337 g/mol. The molecular formula is C16H17F2N3O3. The van der Waals surface area contributed by atoms with E-state index in [0.717, 1.165) is 25.0 Å². The molecule has 6 nitrogen and oxygen atoms in total. The molecule has 128 valence electrons. The molecule has 24 heavy (non-hydrogen) atoms. The zero-order valence-corrected chi connectivity index (χ0v) is 13.1. The van der Waals surface area contributed by atoms with Gasteiger partial charge in [0.1, 0.15) is 11.4 Å². The minimum atomic E-state index is -0.854. The van der Waals surface area contributed by atoms with Crippen molar-refractivity contribution in [1.82, 2.24) is 15.5 Å². The van der Waals surface area contributed by atoms with Crippen molar-refractivity contribution >= 4 is 5.91 Å². The second-order valence-electron chi connectivity index (χ2n) is 5.84. The first-order valence-corrected chi connectivity index (χ1v) is 7.68. The summed E-state index contributed by atoms with van der Waals surface area (Å²) in [6.07, 6.45) is 3.26. The third-order valence-electron chi connectivity index (χ3n) is 4.04. The molecule has 0 spiro atoms. The molecule has 0 saturated heterocycles. The molecule has 1 amide bonds. The molecule has 1 aromatic heterocycles. The standard InChI is InChI=1S/C16H17F2N3O3/c1-10-19-15(21-24-10)16(6-2-3-7-16)20-14(22)9-23-13-5-4-11(17)8-12(13)18/h4-5,8H,2-3,6-7,9H2,1H3,(H,20,22). The quantitative estimate of drug-likeness (QED) is 0.907. The number of hydrogen-bond donors (Lipinski definition) is 1. The molecule has 0 unspecified atom stereocenters. The zero-order chi connectivity index (χ0) is 17.2. The summed E-state index contributed by atoms with van der Waals surface area (Å²) in [6.45, 7) is 1.29. The van der Waals surface area contributed by atoms with Crippen molar-refractivity contribution < 1.29 is 22.8 Å². The summed E-state index contributed by atoms with van der Waals surface area (Å²) >= 11 is 0. The lowest BCUT2D eigenvalue weighted by molar-refractivity contribution is -0.125. The molecule has 1 fully saturated rings. The molecule has 0 radical (unpaired) electrons. The maximum atomic E-state index is 13.5. The summed E-state index contributed by atoms with van der Waals surface area (Å²) in [5.41, 5.74) is -0.681. The number of amides is 1. The third kappa shape index (κ3) is 3.37. The Bertz CT molecular complexity index is 742. The summed E-state index contributed by atoms with van der Waals surface area (Å²) in [4.78, 5) is 16.4. The molecule has 1 aromatic carbocycles. The number of halogens is 2. The van der Waals surface area contributed by atoms with Crippen molar-refractivity contribution in [1.29, 1.82) is 0 Å². The van der Waals surface area contributed by atoms with Gasteiger partial charge in [0.25, 0.3) is 5.91 Å². The Hall–Kier alpha value is -2.51. The van der Waals surface area contributed by atoms with Gasteiger partial charge in [-0.3, -0.25) is 4.79 Å². The van der Waals surface area contributed by atoms with Gasteiger partial charge in [-0.05, 0) is 25.0 Å². The number of nitrogens with zero attached hydrogens (tertiary/aromatic N) is 2. The van der Waals surface area contributed by atoms with Gasteiger partial charge in [0.2, 0.25) is 5.89 Å². The number of nitrogens with one attached hydrogen (secondary N) is 1. The predicted octanol–water partition coefficient (Wildman–Crippen LogP) is 2.62. The first kappa shape index (κ1) is 16.4. The highest BCUT2D eigenvalue weighted by atomic mass is 19.1. The van der Waals surface area contributed by atoms with E-state index in [-0.39, 0.29) is 12.4 Å². The molecule has 1 saturated carbocycles. The summed E-state index contributed by atoms with van der Waals surface area (Å²) in [5, 5.41) is 6.80. The fourth-order valence-electron chi connectivity index (χ4n) is 2.92. The van der Waals surface area contributed by atoms with Crippen LogP contribution in [-0.4, -0.2) is 22.7 Å². The average Bonchev–Trinajstić information content (AvgIpc) is 3.16. The molecule has 1 heterocycles. The molecule has 1 N–H and O–H groups in total. The molecule has 1 aliphatic rings. The Labute approximate surface area is 137 Å². The number of ether oxygens (including phenoxy) is 1. The van der Waals surface area contributed by atoms with Gasteiger partial charge in [0.05, 0.1) is 0 Å². The lowest BCUT2D eigenvalue weighted by Crippen LogP contribution is -2.46. The Kier molecular flexibility index (Phi) is 4.46. The largest absolute Gasteiger partial charge is 0.481 e. The van der Waals surface area contributed by atoms with E-state index in [0.29, 0.717) is 30.6 Å². The van der Waals surface area contributed by atoms with Crippen molar-refractivity contribution in [2.45, 2.75) is 38.1 Å². The highest BCUT2D eigenvalue weighted by Crippen LogP contribution is 2.37. The Morgan fingerprint density at radius 2 is 2.12 bits per heavy atom. The van der Waals surface area contributed by atoms with Gasteiger partial charge in [0.15, 0.2) is 24.0 Å². The second kappa shape index (κ2) is 6.54. The molecule has 2 aromatic rings. The molecule has 0 aliphatic heterocycles. The van der Waals surface area contributed by atoms with Crippen molar-refractivity contribution in [3.05, 3.63) is 41.5 Å². The maximum Gasteiger partial charge on any atom is 0.258 e. The summed E-state index contributed by atoms with van der Waals surface area (Å²) in [6, 6.07) is 2.91. The molecular weight excluding hydrogens is 320 g/mol. The summed E-state index contributed by atoms with van der Waals surface area (Å²) < 4.78 is 36.5. The van der Waals surface area contributed by atoms with Crippen LogP contribution in [0, 0.1) is 18.6 Å². The number of rotatable bonds is 5. The van der Waals surface area contributed by atoms with Crippen LogP contribution in [0.4, 0.5) is 8.78 Å². The molecule has 3 rings (SSSR count). The highest BCUT2D eigenvalue weighted by molar-refractivity contribution is 5.78. The lowest BCUT2D eigenvalue weighted by atomic mass is 9.96. The SMILES string of the molecule is Cc1nc(C2(NC(=O)COc3ccc(F)cc3F)CCCC2)no1. The number of hydrogen-bond acceptors (Lipinski definition) is 5. The van der Waals surface area contributed by atoms with Crippen LogP contribution in [0.5, 0.6) is 5.75 Å². The Morgan fingerprint density at radius 3 is 2.75 bits per heavy atom. The number of carbonyl (C=O) groups is 1. The van der Waals surface area contributed by atoms with Gasteiger partial charge in [-0.15, -0.1) is 0 Å². The Morgan fingerprint density at radius 1 is 1.38 bits per heavy atom. The Balaban J connectivity index is 1.66. The van der Waals surface area contributed by atoms with Gasteiger partial charge in [-0.1, -0.05) is 18.0 Å². The number of aryl methyl sites for hydroxylation is 1. The fourth-order valence-corrected chi connectivity index (χ4v) is 2.92. The predicted molar refractivity (Wildman–Crippen MR) is 79.2 cm³/mol. The number of benzene rings is 1. The lowest BCUT2D eigenvalue weighted by Gasteiger charge is -2.26. The van der Waals surface area contributed by atoms with E-state index in [1.165, 1.54) is 0 Å². The van der Waals surface area contributed by atoms with Gasteiger partial charge in [0, 0.05) is 13.0 Å². The smallest absolute Gasteiger partial charge is 0.258 e. The van der Waals surface area contributed by atoms with Gasteiger partial charge >= 0.3 is 0 Å². The minimum Gasteiger partial charge on any atom is -0.481 e. The van der Waals surface area contributed by atoms with Crippen LogP contribution in [-0.2, 0) is 10.3 Å². The molecule has 0 atom stereocenters. The molecule has 8 heteroatoms. The van der Waals surface area contributed by atoms with Crippen LogP contribution in [0.1, 0.15) is 37.4 Å². The highest BCUT2D eigenvalue weighted by Gasteiger charge is 2.41. The van der Waals surface area contributed by atoms with Crippen LogP contribution >= 0.6 is 0 Å². The first-order chi connectivity index (χ1) is 11.5. The minimum absolute atomic E-state index is 0.178. The molecule has 1 aliphatic carbocycles. The van der Waals surface area contributed by atoms with E-state index in [2.05, 4.69) is 15.5 Å². The van der Waals surface area contributed by atoms with E-state index in [4.69, 9.17) is 9.26 Å². The summed E-state index contributed by atoms with van der Waals surface area (Å²) in [5.74, 6) is -1.30. The van der Waals surface area contributed by atoms with E-state index >= 15 is 0 Å². The van der Waals surface area contributed by atoms with E-state index in [1.807, 2.05) is 0 Å². The van der Waals surface area contributed by atoms with E-state index < -0.39 is 23.1 Å². The van der Waals surface area contributed by atoms with Crippen molar-refractivity contribution in [2.75, 3.05) is 6.61 Å². The maximum absolute atomic E-state index is 13.5. The molecule has 0 bridgehead atoms.